The number of nitrogens with zero attached hydrogens (tertiary/aromatic N) is 3. The second-order valence-corrected chi connectivity index (χ2v) is 8.61. The number of carbonyl (C=O) groups is 1. The van der Waals surface area contributed by atoms with Crippen molar-refractivity contribution in [3.05, 3.63) is 76.0 Å². The Bertz CT molecular complexity index is 993. The van der Waals surface area contributed by atoms with Crippen molar-refractivity contribution in [2.45, 2.75) is 38.4 Å². The van der Waals surface area contributed by atoms with Crippen LogP contribution < -0.4 is 4.74 Å². The lowest BCUT2D eigenvalue weighted by Gasteiger charge is -2.24. The number of carbonyl (C=O) groups excluding carboxylic acids is 1. The molecule has 3 aromatic rings. The van der Waals surface area contributed by atoms with E-state index >= 15 is 0 Å². The highest BCUT2D eigenvalue weighted by Crippen LogP contribution is 2.37. The standard InChI is InChI=1S/C23H25N3O3S/c1-17-20(16-29-18-8-3-2-4-9-18)30-22(25-17)23(28)11-7-14-26(15-12-23)21(27)19-10-5-6-13-24-19/h2-6,8-10,13,28H,7,11-12,14-16H2,1H3. The average molecular weight is 424 g/mol. The van der Waals surface area contributed by atoms with Gasteiger partial charge < -0.3 is 14.7 Å². The summed E-state index contributed by atoms with van der Waals surface area (Å²) >= 11 is 1.50. The lowest BCUT2D eigenvalue weighted by atomic mass is 9.96. The van der Waals surface area contributed by atoms with Gasteiger partial charge in [0.2, 0.25) is 0 Å². The highest BCUT2D eigenvalue weighted by Gasteiger charge is 2.36. The first-order valence-electron chi connectivity index (χ1n) is 10.1. The van der Waals surface area contributed by atoms with Gasteiger partial charge in [0, 0.05) is 25.7 Å². The van der Waals surface area contributed by atoms with Crippen molar-refractivity contribution in [3.8, 4) is 5.75 Å². The number of pyridine rings is 1. The quantitative estimate of drug-likeness (QED) is 0.673. The third-order valence-electron chi connectivity index (χ3n) is 5.39. The fourth-order valence-electron chi connectivity index (χ4n) is 3.61. The Morgan fingerprint density at radius 1 is 1.17 bits per heavy atom. The molecule has 1 amide bonds. The van der Waals surface area contributed by atoms with E-state index in [1.54, 1.807) is 23.2 Å². The minimum Gasteiger partial charge on any atom is -0.488 e. The molecule has 6 nitrogen and oxygen atoms in total. The maximum atomic E-state index is 12.7. The normalized spacial score (nSPS) is 19.3. The topological polar surface area (TPSA) is 75.6 Å². The molecule has 4 rings (SSSR count). The molecule has 1 atom stereocenters. The van der Waals surface area contributed by atoms with Crippen LogP contribution in [0.15, 0.2) is 54.7 Å². The lowest BCUT2D eigenvalue weighted by Crippen LogP contribution is -2.34. The zero-order chi connectivity index (χ0) is 21.0. The van der Waals surface area contributed by atoms with Crippen LogP contribution in [-0.2, 0) is 12.2 Å². The number of amides is 1. The van der Waals surface area contributed by atoms with Crippen molar-refractivity contribution < 1.29 is 14.6 Å². The number of benzene rings is 1. The maximum absolute atomic E-state index is 12.7. The van der Waals surface area contributed by atoms with Crippen LogP contribution in [0.2, 0.25) is 0 Å². The van der Waals surface area contributed by atoms with Crippen LogP contribution in [0, 0.1) is 6.92 Å². The minimum absolute atomic E-state index is 0.0906. The third-order valence-corrected chi connectivity index (χ3v) is 6.71. The molecule has 0 bridgehead atoms. The van der Waals surface area contributed by atoms with Gasteiger partial charge in [-0.1, -0.05) is 24.3 Å². The van der Waals surface area contributed by atoms with Gasteiger partial charge in [-0.05, 0) is 44.0 Å². The van der Waals surface area contributed by atoms with Crippen LogP contribution in [0.5, 0.6) is 5.75 Å². The van der Waals surface area contributed by atoms with E-state index < -0.39 is 5.60 Å². The maximum Gasteiger partial charge on any atom is 0.272 e. The average Bonchev–Trinajstić information content (AvgIpc) is 3.04. The van der Waals surface area contributed by atoms with Gasteiger partial charge in [0.1, 0.15) is 28.7 Å². The number of para-hydroxylation sites is 1. The fraction of sp³-hybridized carbons (Fsp3) is 0.348. The predicted molar refractivity (Wildman–Crippen MR) is 116 cm³/mol. The second-order valence-electron chi connectivity index (χ2n) is 7.52. The van der Waals surface area contributed by atoms with Crippen molar-refractivity contribution in [3.63, 3.8) is 0 Å². The van der Waals surface area contributed by atoms with E-state index in [0.29, 0.717) is 49.7 Å². The van der Waals surface area contributed by atoms with Crippen molar-refractivity contribution >= 4 is 17.2 Å². The molecule has 1 aliphatic rings. The van der Waals surface area contributed by atoms with E-state index in [2.05, 4.69) is 9.97 Å². The molecular weight excluding hydrogens is 398 g/mol. The fourth-order valence-corrected chi connectivity index (χ4v) is 4.74. The summed E-state index contributed by atoms with van der Waals surface area (Å²) < 4.78 is 5.86. The summed E-state index contributed by atoms with van der Waals surface area (Å²) in [6.45, 7) is 3.45. The van der Waals surface area contributed by atoms with Crippen LogP contribution in [0.4, 0.5) is 0 Å². The highest BCUT2D eigenvalue weighted by atomic mass is 32.1. The van der Waals surface area contributed by atoms with Gasteiger partial charge in [0.25, 0.3) is 5.91 Å². The highest BCUT2D eigenvalue weighted by molar-refractivity contribution is 7.11. The van der Waals surface area contributed by atoms with Crippen LogP contribution in [0.25, 0.3) is 0 Å². The first-order chi connectivity index (χ1) is 14.5. The van der Waals surface area contributed by atoms with E-state index in [1.165, 1.54) is 11.3 Å². The van der Waals surface area contributed by atoms with Crippen molar-refractivity contribution in [2.24, 2.45) is 0 Å². The SMILES string of the molecule is Cc1nc(C2(O)CCCN(C(=O)c3ccccn3)CC2)sc1COc1ccccc1. The van der Waals surface area contributed by atoms with Crippen molar-refractivity contribution in [2.75, 3.05) is 13.1 Å². The summed E-state index contributed by atoms with van der Waals surface area (Å²) in [5.74, 6) is 0.718. The van der Waals surface area contributed by atoms with Crippen LogP contribution >= 0.6 is 11.3 Å². The Labute approximate surface area is 180 Å². The number of rotatable bonds is 5. The number of hydrogen-bond acceptors (Lipinski definition) is 6. The molecule has 7 heteroatoms. The smallest absolute Gasteiger partial charge is 0.272 e. The molecular formula is C23H25N3O3S. The van der Waals surface area contributed by atoms with E-state index in [1.807, 2.05) is 43.3 Å². The molecule has 0 saturated carbocycles. The summed E-state index contributed by atoms with van der Waals surface area (Å²) in [6.07, 6.45) is 3.37. The largest absolute Gasteiger partial charge is 0.488 e. The lowest BCUT2D eigenvalue weighted by molar-refractivity contribution is 0.0209. The van der Waals surface area contributed by atoms with Crippen LogP contribution in [0.1, 0.15) is 45.3 Å². The first kappa shape index (κ1) is 20.5. The monoisotopic (exact) mass is 423 g/mol. The van der Waals surface area contributed by atoms with E-state index in [9.17, 15) is 9.90 Å². The zero-order valence-electron chi connectivity index (χ0n) is 17.0. The second kappa shape index (κ2) is 8.93. The Hall–Kier alpha value is -2.77. The number of likely N-dealkylation sites (tertiary alicyclic amines) is 1. The molecule has 3 heterocycles. The van der Waals surface area contributed by atoms with Gasteiger partial charge in [-0.2, -0.15) is 0 Å². The van der Waals surface area contributed by atoms with Gasteiger partial charge in [-0.15, -0.1) is 11.3 Å². The molecule has 1 fully saturated rings. The number of aryl methyl sites for hydroxylation is 1. The molecule has 156 valence electrons. The molecule has 2 aromatic heterocycles. The Morgan fingerprint density at radius 3 is 2.73 bits per heavy atom. The number of ether oxygens (including phenoxy) is 1. The van der Waals surface area contributed by atoms with E-state index in [4.69, 9.17) is 4.74 Å². The van der Waals surface area contributed by atoms with Crippen LogP contribution in [0.3, 0.4) is 0 Å². The molecule has 0 aliphatic carbocycles. The van der Waals surface area contributed by atoms with Crippen LogP contribution in [-0.4, -0.2) is 39.0 Å². The molecule has 1 saturated heterocycles. The minimum atomic E-state index is -1.03. The molecule has 0 spiro atoms. The molecule has 1 aromatic carbocycles. The summed E-state index contributed by atoms with van der Waals surface area (Å²) in [6, 6.07) is 15.0. The Balaban J connectivity index is 1.44. The summed E-state index contributed by atoms with van der Waals surface area (Å²) in [4.78, 5) is 24.3. The number of aliphatic hydroxyl groups is 1. The van der Waals surface area contributed by atoms with Gasteiger partial charge in [-0.25, -0.2) is 4.98 Å². The van der Waals surface area contributed by atoms with Crippen molar-refractivity contribution in [1.82, 2.24) is 14.9 Å². The molecule has 30 heavy (non-hydrogen) atoms. The molecule has 0 radical (unpaired) electrons. The summed E-state index contributed by atoms with van der Waals surface area (Å²) in [5.41, 5.74) is 0.290. The third kappa shape index (κ3) is 4.52. The number of thiazole rings is 1. The number of aromatic nitrogens is 2. The van der Waals surface area contributed by atoms with Crippen molar-refractivity contribution in [1.29, 1.82) is 0 Å². The molecule has 1 N–H and O–H groups in total. The summed E-state index contributed by atoms with van der Waals surface area (Å²) in [5, 5.41) is 12.1. The van der Waals surface area contributed by atoms with Gasteiger partial charge in [0.05, 0.1) is 10.6 Å². The molecule has 1 unspecified atom stereocenters. The van der Waals surface area contributed by atoms with E-state index in [0.717, 1.165) is 16.3 Å². The predicted octanol–water partition coefficient (Wildman–Crippen LogP) is 3.94. The first-order valence-corrected chi connectivity index (χ1v) is 10.9. The molecule has 1 aliphatic heterocycles. The number of hydrogen-bond donors (Lipinski definition) is 1. The van der Waals surface area contributed by atoms with E-state index in [-0.39, 0.29) is 5.91 Å². The van der Waals surface area contributed by atoms with Gasteiger partial charge in [0.15, 0.2) is 0 Å². The summed E-state index contributed by atoms with van der Waals surface area (Å²) in [7, 11) is 0. The Kier molecular flexibility index (Phi) is 6.11. The van der Waals surface area contributed by atoms with Gasteiger partial charge in [-0.3, -0.25) is 9.78 Å². The zero-order valence-corrected chi connectivity index (χ0v) is 17.8. The Morgan fingerprint density at radius 2 is 1.97 bits per heavy atom. The van der Waals surface area contributed by atoms with Gasteiger partial charge >= 0.3 is 0 Å².